The molecule has 3 aromatic carbocycles. The molecule has 0 bridgehead atoms. The first kappa shape index (κ1) is 25.5. The number of halogens is 1. The molecule has 0 aliphatic rings. The number of hydrogen-bond acceptors (Lipinski definition) is 4. The van der Waals surface area contributed by atoms with Crippen molar-refractivity contribution in [2.75, 3.05) is 11.9 Å². The standard InChI is InChI=1S/C24H22ClN3O.C2H2O4/c25-22-10-3-1-9-21(22)24(29)28-19-7-5-6-17(14-19)15-26-13-12-18-16-27-23-11-4-2-8-20(18)23;3-1(4)2(5)6/h1-11,14,16,26-27H,12-13,15H2,(H,28,29);(H,3,4)(H,5,6). The minimum atomic E-state index is -1.82. The number of nitrogens with one attached hydrogen (secondary N) is 3. The Kier molecular flexibility index (Phi) is 9.00. The molecular formula is C26H24ClN3O5. The first-order chi connectivity index (χ1) is 16.8. The molecule has 0 saturated heterocycles. The maximum absolute atomic E-state index is 12.4. The first-order valence-electron chi connectivity index (χ1n) is 10.7. The number of carboxylic acids is 2. The molecule has 9 heteroatoms. The fourth-order valence-electron chi connectivity index (χ4n) is 3.40. The van der Waals surface area contributed by atoms with Crippen LogP contribution in [0, 0.1) is 0 Å². The molecule has 4 rings (SSSR count). The van der Waals surface area contributed by atoms with Gasteiger partial charge in [0.2, 0.25) is 0 Å². The van der Waals surface area contributed by atoms with E-state index in [4.69, 9.17) is 31.4 Å². The summed E-state index contributed by atoms with van der Waals surface area (Å²) >= 11 is 6.11. The number of fused-ring (bicyclic) bond motifs is 1. The van der Waals surface area contributed by atoms with Crippen LogP contribution < -0.4 is 10.6 Å². The number of para-hydroxylation sites is 1. The maximum atomic E-state index is 12.4. The monoisotopic (exact) mass is 493 g/mol. The van der Waals surface area contributed by atoms with E-state index in [-0.39, 0.29) is 5.91 Å². The van der Waals surface area contributed by atoms with Gasteiger partial charge in [0.05, 0.1) is 10.6 Å². The van der Waals surface area contributed by atoms with Crippen LogP contribution in [0.25, 0.3) is 10.9 Å². The zero-order chi connectivity index (χ0) is 25.2. The number of carbonyl (C=O) groups excluding carboxylic acids is 1. The number of carboxylic acid groups (broad SMARTS) is 2. The molecule has 0 radical (unpaired) electrons. The van der Waals surface area contributed by atoms with E-state index < -0.39 is 11.9 Å². The van der Waals surface area contributed by atoms with E-state index in [9.17, 15) is 4.79 Å². The van der Waals surface area contributed by atoms with Gasteiger partial charge >= 0.3 is 11.9 Å². The Hall–Kier alpha value is -4.14. The minimum absolute atomic E-state index is 0.208. The summed E-state index contributed by atoms with van der Waals surface area (Å²) in [5.74, 6) is -3.86. The minimum Gasteiger partial charge on any atom is -0.473 e. The molecule has 0 spiro atoms. The number of aliphatic carboxylic acids is 2. The van der Waals surface area contributed by atoms with Gasteiger partial charge in [0.1, 0.15) is 0 Å². The fraction of sp³-hybridized carbons (Fsp3) is 0.115. The van der Waals surface area contributed by atoms with Crippen LogP contribution in [-0.4, -0.2) is 39.6 Å². The van der Waals surface area contributed by atoms with E-state index in [1.54, 1.807) is 18.2 Å². The van der Waals surface area contributed by atoms with Gasteiger partial charge in [-0.05, 0) is 54.4 Å². The Morgan fingerprint density at radius 2 is 1.60 bits per heavy atom. The summed E-state index contributed by atoms with van der Waals surface area (Å²) < 4.78 is 0. The third-order valence-electron chi connectivity index (χ3n) is 5.06. The van der Waals surface area contributed by atoms with Crippen LogP contribution in [0.5, 0.6) is 0 Å². The Balaban J connectivity index is 0.000000509. The summed E-state index contributed by atoms with van der Waals surface area (Å²) in [5, 5.41) is 22.9. The van der Waals surface area contributed by atoms with Crippen LogP contribution in [0.3, 0.4) is 0 Å². The van der Waals surface area contributed by atoms with Gasteiger partial charge in [-0.1, -0.05) is 54.1 Å². The van der Waals surface area contributed by atoms with Crippen molar-refractivity contribution in [2.45, 2.75) is 13.0 Å². The Labute approximate surface area is 206 Å². The second-order valence-electron chi connectivity index (χ2n) is 7.53. The Morgan fingerprint density at radius 3 is 2.34 bits per heavy atom. The van der Waals surface area contributed by atoms with Crippen LogP contribution in [0.15, 0.2) is 79.0 Å². The summed E-state index contributed by atoms with van der Waals surface area (Å²) in [7, 11) is 0. The van der Waals surface area contributed by atoms with Crippen LogP contribution >= 0.6 is 11.6 Å². The fourth-order valence-corrected chi connectivity index (χ4v) is 3.62. The van der Waals surface area contributed by atoms with Gasteiger partial charge in [-0.2, -0.15) is 0 Å². The topological polar surface area (TPSA) is 132 Å². The number of hydrogen-bond donors (Lipinski definition) is 5. The molecule has 0 aliphatic heterocycles. The molecule has 0 unspecified atom stereocenters. The molecule has 4 aromatic rings. The van der Waals surface area contributed by atoms with Crippen LogP contribution in [0.1, 0.15) is 21.5 Å². The summed E-state index contributed by atoms with van der Waals surface area (Å²) in [5.41, 5.74) is 4.82. The molecular weight excluding hydrogens is 470 g/mol. The van der Waals surface area contributed by atoms with Gasteiger partial charge in [-0.3, -0.25) is 4.79 Å². The number of H-pyrrole nitrogens is 1. The van der Waals surface area contributed by atoms with Crippen molar-refractivity contribution in [3.8, 4) is 0 Å². The van der Waals surface area contributed by atoms with Crippen molar-refractivity contribution in [1.29, 1.82) is 0 Å². The van der Waals surface area contributed by atoms with E-state index in [0.717, 1.165) is 30.8 Å². The van der Waals surface area contributed by atoms with Gasteiger partial charge < -0.3 is 25.8 Å². The molecule has 35 heavy (non-hydrogen) atoms. The predicted octanol–water partition coefficient (Wildman–Crippen LogP) is 4.56. The van der Waals surface area contributed by atoms with Crippen molar-refractivity contribution < 1.29 is 24.6 Å². The highest BCUT2D eigenvalue weighted by Gasteiger charge is 2.10. The first-order valence-corrected chi connectivity index (χ1v) is 11.1. The lowest BCUT2D eigenvalue weighted by atomic mass is 10.1. The lowest BCUT2D eigenvalue weighted by Crippen LogP contribution is -2.17. The molecule has 5 N–H and O–H groups in total. The normalized spacial score (nSPS) is 10.3. The zero-order valence-electron chi connectivity index (χ0n) is 18.6. The van der Waals surface area contributed by atoms with Gasteiger partial charge in [0.25, 0.3) is 5.91 Å². The van der Waals surface area contributed by atoms with Crippen molar-refractivity contribution in [2.24, 2.45) is 0 Å². The summed E-state index contributed by atoms with van der Waals surface area (Å²) in [6, 6.07) is 23.2. The number of benzene rings is 3. The Morgan fingerprint density at radius 1 is 0.886 bits per heavy atom. The smallest absolute Gasteiger partial charge is 0.414 e. The van der Waals surface area contributed by atoms with Gasteiger partial charge in [-0.15, -0.1) is 0 Å². The zero-order valence-corrected chi connectivity index (χ0v) is 19.4. The van der Waals surface area contributed by atoms with Gasteiger partial charge in [0, 0.05) is 29.3 Å². The van der Waals surface area contributed by atoms with E-state index in [1.807, 2.05) is 36.4 Å². The number of aromatic amines is 1. The number of carbonyl (C=O) groups is 3. The molecule has 0 atom stereocenters. The quantitative estimate of drug-likeness (QED) is 0.189. The molecule has 8 nitrogen and oxygen atoms in total. The summed E-state index contributed by atoms with van der Waals surface area (Å²) in [6.07, 6.45) is 3.03. The van der Waals surface area contributed by atoms with Crippen LogP contribution in [0.4, 0.5) is 5.69 Å². The number of amides is 1. The van der Waals surface area contributed by atoms with Crippen molar-refractivity contribution >= 4 is 46.0 Å². The lowest BCUT2D eigenvalue weighted by molar-refractivity contribution is -0.159. The Bertz CT molecular complexity index is 1320. The second kappa shape index (κ2) is 12.4. The van der Waals surface area contributed by atoms with Crippen molar-refractivity contribution in [3.05, 3.63) is 101 Å². The average Bonchev–Trinajstić information content (AvgIpc) is 3.26. The van der Waals surface area contributed by atoms with E-state index in [1.165, 1.54) is 16.5 Å². The molecule has 1 heterocycles. The largest absolute Gasteiger partial charge is 0.473 e. The summed E-state index contributed by atoms with van der Waals surface area (Å²) in [4.78, 5) is 33.9. The molecule has 180 valence electrons. The van der Waals surface area contributed by atoms with Crippen molar-refractivity contribution in [1.82, 2.24) is 10.3 Å². The van der Waals surface area contributed by atoms with E-state index >= 15 is 0 Å². The number of rotatable bonds is 7. The molecule has 0 saturated carbocycles. The third kappa shape index (κ3) is 7.43. The van der Waals surface area contributed by atoms with E-state index in [0.29, 0.717) is 10.6 Å². The highest BCUT2D eigenvalue weighted by atomic mass is 35.5. The van der Waals surface area contributed by atoms with Crippen LogP contribution in [-0.2, 0) is 22.6 Å². The third-order valence-corrected chi connectivity index (χ3v) is 5.39. The molecule has 0 fully saturated rings. The predicted molar refractivity (Wildman–Crippen MR) is 135 cm³/mol. The SMILES string of the molecule is O=C(Nc1cccc(CNCCc2c[nH]c3ccccc23)c1)c1ccccc1Cl.O=C(O)C(=O)O. The highest BCUT2D eigenvalue weighted by Crippen LogP contribution is 2.19. The molecule has 1 amide bonds. The number of aromatic nitrogens is 1. The van der Waals surface area contributed by atoms with Gasteiger partial charge in [0.15, 0.2) is 0 Å². The molecule has 0 aliphatic carbocycles. The number of anilines is 1. The van der Waals surface area contributed by atoms with Crippen LogP contribution in [0.2, 0.25) is 5.02 Å². The highest BCUT2D eigenvalue weighted by molar-refractivity contribution is 6.34. The average molecular weight is 494 g/mol. The lowest BCUT2D eigenvalue weighted by Gasteiger charge is -2.09. The maximum Gasteiger partial charge on any atom is 0.414 e. The van der Waals surface area contributed by atoms with Gasteiger partial charge in [-0.25, -0.2) is 9.59 Å². The van der Waals surface area contributed by atoms with E-state index in [2.05, 4.69) is 40.0 Å². The summed E-state index contributed by atoms with van der Waals surface area (Å²) in [6.45, 7) is 1.61. The second-order valence-corrected chi connectivity index (χ2v) is 7.94. The van der Waals surface area contributed by atoms with Crippen molar-refractivity contribution in [3.63, 3.8) is 0 Å². The molecule has 1 aromatic heterocycles.